The molecule has 4 rings (SSSR count). The third-order valence-corrected chi connectivity index (χ3v) is 6.06. The first kappa shape index (κ1) is 22.3. The molecule has 2 aromatic carbocycles. The van der Waals surface area contributed by atoms with Gasteiger partial charge in [-0.2, -0.15) is 0 Å². The molecule has 0 aliphatic rings. The van der Waals surface area contributed by atoms with E-state index in [1.807, 2.05) is 18.2 Å². The zero-order chi connectivity index (χ0) is 23.4. The highest BCUT2D eigenvalue weighted by Gasteiger charge is 2.24. The molecule has 170 valence electrons. The summed E-state index contributed by atoms with van der Waals surface area (Å²) in [5.74, 6) is 1.98. The lowest BCUT2D eigenvalue weighted by Gasteiger charge is -2.20. The van der Waals surface area contributed by atoms with E-state index >= 15 is 0 Å². The summed E-state index contributed by atoms with van der Waals surface area (Å²) in [5, 5.41) is 0.538. The molecule has 0 bridgehead atoms. The molecule has 0 saturated heterocycles. The molecule has 0 aliphatic heterocycles. The largest absolute Gasteiger partial charge is 0.497 e. The maximum absolute atomic E-state index is 13.7. The molecule has 1 amide bonds. The highest BCUT2D eigenvalue weighted by molar-refractivity contribution is 7.22. The third kappa shape index (κ3) is 4.68. The highest BCUT2D eigenvalue weighted by atomic mass is 32.1. The van der Waals surface area contributed by atoms with Crippen LogP contribution in [0.15, 0.2) is 54.9 Å². The SMILES string of the molecule is COc1cc(OC)cc(C(=O)N(Cc2cccnc2)c2nc3cc(OC)c(OC)cc3s2)c1. The van der Waals surface area contributed by atoms with Crippen LogP contribution in [0.2, 0.25) is 0 Å². The van der Waals surface area contributed by atoms with Crippen LogP contribution in [0.5, 0.6) is 23.0 Å². The number of methoxy groups -OCH3 is 4. The van der Waals surface area contributed by atoms with Crippen molar-refractivity contribution >= 4 is 32.6 Å². The van der Waals surface area contributed by atoms with Crippen molar-refractivity contribution < 1.29 is 23.7 Å². The predicted octanol–water partition coefficient (Wildman–Crippen LogP) is 4.57. The van der Waals surface area contributed by atoms with E-state index in [4.69, 9.17) is 23.9 Å². The van der Waals surface area contributed by atoms with E-state index in [1.54, 1.807) is 70.0 Å². The minimum atomic E-state index is -0.242. The van der Waals surface area contributed by atoms with Crippen LogP contribution in [0.4, 0.5) is 5.13 Å². The van der Waals surface area contributed by atoms with Gasteiger partial charge in [-0.1, -0.05) is 17.4 Å². The van der Waals surface area contributed by atoms with Crippen molar-refractivity contribution in [3.63, 3.8) is 0 Å². The Morgan fingerprint density at radius 2 is 1.64 bits per heavy atom. The molecule has 2 aromatic heterocycles. The molecule has 2 heterocycles. The number of fused-ring (bicyclic) bond motifs is 1. The standard InChI is InChI=1S/C24H23N3O5S/c1-29-17-8-16(9-18(10-17)30-2)23(28)27(14-15-6-5-7-25-13-15)24-26-19-11-20(31-3)21(32-4)12-22(19)33-24/h5-13H,14H2,1-4H3. The Morgan fingerprint density at radius 1 is 0.939 bits per heavy atom. The van der Waals surface area contributed by atoms with Gasteiger partial charge in [-0.05, 0) is 23.8 Å². The molecule has 8 nitrogen and oxygen atoms in total. The number of hydrogen-bond acceptors (Lipinski definition) is 8. The van der Waals surface area contributed by atoms with E-state index in [0.717, 1.165) is 10.3 Å². The number of rotatable bonds is 8. The van der Waals surface area contributed by atoms with Gasteiger partial charge in [0.1, 0.15) is 11.5 Å². The Morgan fingerprint density at radius 3 is 2.24 bits per heavy atom. The van der Waals surface area contributed by atoms with Crippen LogP contribution < -0.4 is 23.8 Å². The summed E-state index contributed by atoms with van der Waals surface area (Å²) in [6.45, 7) is 0.292. The van der Waals surface area contributed by atoms with Crippen LogP contribution >= 0.6 is 11.3 Å². The van der Waals surface area contributed by atoms with E-state index in [-0.39, 0.29) is 5.91 Å². The molecular formula is C24H23N3O5S. The topological polar surface area (TPSA) is 83.0 Å². The van der Waals surface area contributed by atoms with Gasteiger partial charge >= 0.3 is 0 Å². The Balaban J connectivity index is 1.81. The third-order valence-electron chi connectivity index (χ3n) is 5.02. The van der Waals surface area contributed by atoms with Gasteiger partial charge in [0, 0.05) is 36.2 Å². The first-order chi connectivity index (χ1) is 16.1. The molecule has 0 aliphatic carbocycles. The number of anilines is 1. The second-order valence-corrected chi connectivity index (χ2v) is 8.03. The number of ether oxygens (including phenoxy) is 4. The van der Waals surface area contributed by atoms with Crippen LogP contribution in [0.25, 0.3) is 10.2 Å². The van der Waals surface area contributed by atoms with Crippen LogP contribution in [-0.4, -0.2) is 44.3 Å². The normalized spacial score (nSPS) is 10.7. The number of aromatic nitrogens is 2. The number of benzene rings is 2. The molecule has 0 saturated carbocycles. The number of carbonyl (C=O) groups is 1. The fourth-order valence-corrected chi connectivity index (χ4v) is 4.32. The van der Waals surface area contributed by atoms with Gasteiger partial charge in [-0.15, -0.1) is 0 Å². The van der Waals surface area contributed by atoms with Crippen LogP contribution in [0.1, 0.15) is 15.9 Å². The van der Waals surface area contributed by atoms with Gasteiger partial charge in [0.15, 0.2) is 16.6 Å². The fraction of sp³-hybridized carbons (Fsp3) is 0.208. The number of pyridine rings is 1. The Hall–Kier alpha value is -3.85. The second-order valence-electron chi connectivity index (χ2n) is 7.03. The number of carbonyl (C=O) groups excluding carboxylic acids is 1. The second kappa shape index (κ2) is 9.74. The van der Waals surface area contributed by atoms with Crippen molar-refractivity contribution in [2.75, 3.05) is 33.3 Å². The number of nitrogens with zero attached hydrogens (tertiary/aromatic N) is 3. The van der Waals surface area contributed by atoms with Gasteiger partial charge in [0.2, 0.25) is 0 Å². The summed E-state index contributed by atoms with van der Waals surface area (Å²) in [6, 6.07) is 12.5. The molecule has 9 heteroatoms. The monoisotopic (exact) mass is 465 g/mol. The molecule has 4 aromatic rings. The minimum absolute atomic E-state index is 0.242. The summed E-state index contributed by atoms with van der Waals surface area (Å²) in [5.41, 5.74) is 2.00. The van der Waals surface area contributed by atoms with Crippen molar-refractivity contribution in [3.8, 4) is 23.0 Å². The smallest absolute Gasteiger partial charge is 0.260 e. The summed E-state index contributed by atoms with van der Waals surface area (Å²) < 4.78 is 22.4. The average Bonchev–Trinajstić information content (AvgIpc) is 3.28. The van der Waals surface area contributed by atoms with Crippen molar-refractivity contribution in [2.45, 2.75) is 6.54 Å². The van der Waals surface area contributed by atoms with Gasteiger partial charge in [-0.3, -0.25) is 14.7 Å². The molecule has 0 unspecified atom stereocenters. The lowest BCUT2D eigenvalue weighted by molar-refractivity contribution is 0.0984. The highest BCUT2D eigenvalue weighted by Crippen LogP contribution is 2.38. The van der Waals surface area contributed by atoms with Crippen molar-refractivity contribution in [1.29, 1.82) is 0 Å². The van der Waals surface area contributed by atoms with Gasteiger partial charge < -0.3 is 18.9 Å². The molecule has 0 spiro atoms. The van der Waals surface area contributed by atoms with Crippen molar-refractivity contribution in [2.24, 2.45) is 0 Å². The fourth-order valence-electron chi connectivity index (χ4n) is 3.35. The molecular weight excluding hydrogens is 442 g/mol. The van der Waals surface area contributed by atoms with Gasteiger partial charge in [0.25, 0.3) is 5.91 Å². The maximum Gasteiger partial charge on any atom is 0.260 e. The Labute approximate surface area is 195 Å². The summed E-state index contributed by atoms with van der Waals surface area (Å²) in [4.78, 5) is 24.2. The van der Waals surface area contributed by atoms with Crippen LogP contribution in [0, 0.1) is 0 Å². The quantitative estimate of drug-likeness (QED) is 0.377. The number of thiazole rings is 1. The first-order valence-corrected chi connectivity index (χ1v) is 10.8. The summed E-state index contributed by atoms with van der Waals surface area (Å²) >= 11 is 1.39. The molecule has 0 N–H and O–H groups in total. The first-order valence-electron chi connectivity index (χ1n) is 10.0. The summed E-state index contributed by atoms with van der Waals surface area (Å²) in [6.07, 6.45) is 3.42. The summed E-state index contributed by atoms with van der Waals surface area (Å²) in [7, 11) is 6.25. The predicted molar refractivity (Wildman–Crippen MR) is 127 cm³/mol. The molecule has 0 radical (unpaired) electrons. The van der Waals surface area contributed by atoms with Crippen LogP contribution in [-0.2, 0) is 6.54 Å². The Kier molecular flexibility index (Phi) is 6.60. The zero-order valence-electron chi connectivity index (χ0n) is 18.7. The van der Waals surface area contributed by atoms with Gasteiger partial charge in [0.05, 0.1) is 45.2 Å². The van der Waals surface area contributed by atoms with E-state index in [1.165, 1.54) is 11.3 Å². The lowest BCUT2D eigenvalue weighted by Crippen LogP contribution is -2.30. The van der Waals surface area contributed by atoms with E-state index in [9.17, 15) is 4.79 Å². The van der Waals surface area contributed by atoms with Crippen molar-refractivity contribution in [1.82, 2.24) is 9.97 Å². The molecule has 33 heavy (non-hydrogen) atoms. The van der Waals surface area contributed by atoms with E-state index < -0.39 is 0 Å². The van der Waals surface area contributed by atoms with E-state index in [0.29, 0.717) is 45.8 Å². The minimum Gasteiger partial charge on any atom is -0.497 e. The number of amides is 1. The number of hydrogen-bond donors (Lipinski definition) is 0. The maximum atomic E-state index is 13.7. The molecule has 0 atom stereocenters. The Bertz CT molecular complexity index is 1210. The average molecular weight is 466 g/mol. The molecule has 0 fully saturated rings. The van der Waals surface area contributed by atoms with Crippen molar-refractivity contribution in [3.05, 3.63) is 66.0 Å². The van der Waals surface area contributed by atoms with Gasteiger partial charge in [-0.25, -0.2) is 4.98 Å². The lowest BCUT2D eigenvalue weighted by atomic mass is 10.1. The van der Waals surface area contributed by atoms with E-state index in [2.05, 4.69) is 4.98 Å². The van der Waals surface area contributed by atoms with Crippen LogP contribution in [0.3, 0.4) is 0 Å². The zero-order valence-corrected chi connectivity index (χ0v) is 19.5.